The van der Waals surface area contributed by atoms with Gasteiger partial charge in [-0.1, -0.05) is 43.7 Å². The number of fused-ring (bicyclic) bond motifs is 4. The summed E-state index contributed by atoms with van der Waals surface area (Å²) >= 11 is 6.39. The first-order chi connectivity index (χ1) is 18.8. The van der Waals surface area contributed by atoms with Crippen LogP contribution in [0.3, 0.4) is 0 Å². The molecule has 218 valence electrons. The van der Waals surface area contributed by atoms with E-state index in [4.69, 9.17) is 25.9 Å². The Kier molecular flexibility index (Phi) is 7.54. The number of hydroxylamine groups is 1. The fourth-order valence-corrected chi connectivity index (χ4v) is 7.51. The molecule has 5 rings (SSSR count). The molecular weight excluding hydrogens is 540 g/mol. The zero-order valence-electron chi connectivity index (χ0n) is 23.3. The van der Waals surface area contributed by atoms with Gasteiger partial charge in [-0.05, 0) is 43.2 Å². The van der Waals surface area contributed by atoms with E-state index in [1.165, 1.54) is 12.0 Å². The molecule has 0 spiro atoms. The van der Waals surface area contributed by atoms with Crippen molar-refractivity contribution in [1.29, 1.82) is 0 Å². The Bertz CT molecular complexity index is 1240. The minimum atomic E-state index is -1.59. The Hall–Kier alpha value is -2.50. The van der Waals surface area contributed by atoms with E-state index >= 15 is 0 Å². The number of nitrogens with zero attached hydrogens (tertiary/aromatic N) is 1. The van der Waals surface area contributed by atoms with Crippen molar-refractivity contribution in [1.82, 2.24) is 5.32 Å². The Balaban J connectivity index is 1.47. The highest BCUT2D eigenvalue weighted by Crippen LogP contribution is 2.53. The number of carbonyl (C=O) groups is 3. The molecule has 0 aromatic heterocycles. The number of hydrogen-bond acceptors (Lipinski definition) is 10. The van der Waals surface area contributed by atoms with Crippen LogP contribution >= 0.6 is 11.6 Å². The second kappa shape index (κ2) is 10.4. The molecule has 2 aliphatic heterocycles. The molecule has 3 N–H and O–H groups in total. The van der Waals surface area contributed by atoms with Crippen molar-refractivity contribution in [3.63, 3.8) is 0 Å². The Morgan fingerprint density at radius 1 is 1.27 bits per heavy atom. The summed E-state index contributed by atoms with van der Waals surface area (Å²) in [7, 11) is 1.66. The third-order valence-electron chi connectivity index (χ3n) is 9.38. The second-order valence-electron chi connectivity index (χ2n) is 11.8. The van der Waals surface area contributed by atoms with Gasteiger partial charge in [0.05, 0.1) is 10.7 Å². The largest absolute Gasteiger partial charge is 0.454 e. The van der Waals surface area contributed by atoms with Gasteiger partial charge in [-0.2, -0.15) is 0 Å². The first-order valence-corrected chi connectivity index (χ1v) is 14.1. The molecule has 2 heterocycles. The first kappa shape index (κ1) is 29.0. The Morgan fingerprint density at radius 2 is 2.00 bits per heavy atom. The maximum absolute atomic E-state index is 13.8. The van der Waals surface area contributed by atoms with Crippen LogP contribution in [0.2, 0.25) is 5.02 Å². The van der Waals surface area contributed by atoms with Crippen molar-refractivity contribution < 1.29 is 38.9 Å². The van der Waals surface area contributed by atoms with E-state index in [0.717, 1.165) is 12.7 Å². The van der Waals surface area contributed by atoms with Crippen LogP contribution in [0.5, 0.6) is 0 Å². The van der Waals surface area contributed by atoms with Crippen LogP contribution < -0.4 is 10.4 Å². The molecule has 4 aliphatic rings. The third kappa shape index (κ3) is 4.44. The smallest absolute Gasteiger partial charge is 0.323 e. The standard InChI is InChI=1S/C29H37ClN2O8/c1-14-11-20-18(15(2)13-33)10-9-16(3)29(20,37)25(24(14)38-17(4)34)39-26(35)22-12-28(36)19-7-6-8-21(30)23(19)32(5)40-27(28)31-22/h6-8,11,13,15-16,18,20,22,24-25,27,31,36-37H,9-10,12H2,1-5H3/t15?,16-,18+,20-,22+,24-,25+,27-,28-,29-/m1/s1. The van der Waals surface area contributed by atoms with Gasteiger partial charge < -0.3 is 24.5 Å². The molecule has 1 saturated heterocycles. The summed E-state index contributed by atoms with van der Waals surface area (Å²) in [6.07, 6.45) is 0.820. The highest BCUT2D eigenvalue weighted by Gasteiger charge is 2.62. The number of ether oxygens (including phenoxy) is 2. The lowest BCUT2D eigenvalue weighted by Gasteiger charge is -2.55. The van der Waals surface area contributed by atoms with Gasteiger partial charge in [0.25, 0.3) is 0 Å². The molecule has 2 fully saturated rings. The highest BCUT2D eigenvalue weighted by atomic mass is 35.5. The number of para-hydroxylation sites is 1. The number of aliphatic hydroxyl groups is 2. The molecule has 0 bridgehead atoms. The van der Waals surface area contributed by atoms with E-state index in [0.29, 0.717) is 28.3 Å². The van der Waals surface area contributed by atoms with Crippen LogP contribution in [0, 0.1) is 23.7 Å². The van der Waals surface area contributed by atoms with Crippen molar-refractivity contribution in [3.05, 3.63) is 40.4 Å². The van der Waals surface area contributed by atoms with Gasteiger partial charge in [0.1, 0.15) is 23.5 Å². The zero-order chi connectivity index (χ0) is 29.1. The number of esters is 2. The normalized spacial score (nSPS) is 39.2. The number of hydrogen-bond donors (Lipinski definition) is 3. The van der Waals surface area contributed by atoms with Gasteiger partial charge in [-0.3, -0.25) is 24.8 Å². The van der Waals surface area contributed by atoms with Gasteiger partial charge in [-0.25, -0.2) is 0 Å². The van der Waals surface area contributed by atoms with Gasteiger partial charge in [-0.15, -0.1) is 0 Å². The molecule has 1 aromatic carbocycles. The van der Waals surface area contributed by atoms with Crippen LogP contribution in [-0.2, 0) is 34.3 Å². The van der Waals surface area contributed by atoms with Gasteiger partial charge in [0.15, 0.2) is 18.4 Å². The van der Waals surface area contributed by atoms with E-state index in [2.05, 4.69) is 5.32 Å². The molecule has 0 amide bonds. The Labute approximate surface area is 238 Å². The summed E-state index contributed by atoms with van der Waals surface area (Å²) in [6, 6.07) is 4.15. The molecule has 0 radical (unpaired) electrons. The quantitative estimate of drug-likeness (QED) is 0.273. The van der Waals surface area contributed by atoms with Gasteiger partial charge >= 0.3 is 11.9 Å². The zero-order valence-corrected chi connectivity index (χ0v) is 24.1. The number of anilines is 1. The summed E-state index contributed by atoms with van der Waals surface area (Å²) in [5.41, 5.74) is -1.50. The van der Waals surface area contributed by atoms with E-state index in [1.54, 1.807) is 32.2 Å². The lowest BCUT2D eigenvalue weighted by molar-refractivity contribution is -0.224. The molecular formula is C29H37ClN2O8. The summed E-state index contributed by atoms with van der Waals surface area (Å²) in [4.78, 5) is 43.5. The van der Waals surface area contributed by atoms with E-state index in [1.807, 2.05) is 19.9 Å². The number of aldehydes is 1. The minimum Gasteiger partial charge on any atom is -0.454 e. The van der Waals surface area contributed by atoms with Crippen LogP contribution in [0.15, 0.2) is 29.8 Å². The van der Waals surface area contributed by atoms with Crippen molar-refractivity contribution in [2.45, 2.75) is 82.6 Å². The van der Waals surface area contributed by atoms with Crippen LogP contribution in [-0.4, -0.2) is 65.6 Å². The summed E-state index contributed by atoms with van der Waals surface area (Å²) in [6.45, 7) is 6.73. The molecule has 1 unspecified atom stereocenters. The fraction of sp³-hybridized carbons (Fsp3) is 0.621. The highest BCUT2D eigenvalue weighted by molar-refractivity contribution is 6.33. The van der Waals surface area contributed by atoms with Crippen molar-refractivity contribution in [3.8, 4) is 0 Å². The molecule has 10 atom stereocenters. The van der Waals surface area contributed by atoms with E-state index in [-0.39, 0.29) is 24.2 Å². The van der Waals surface area contributed by atoms with Crippen molar-refractivity contribution >= 4 is 35.5 Å². The maximum atomic E-state index is 13.8. The molecule has 1 aromatic rings. The minimum absolute atomic E-state index is 0.0698. The molecule has 1 saturated carbocycles. The van der Waals surface area contributed by atoms with Crippen LogP contribution in [0.4, 0.5) is 5.69 Å². The second-order valence-corrected chi connectivity index (χ2v) is 12.2. The summed E-state index contributed by atoms with van der Waals surface area (Å²) < 4.78 is 11.7. The summed E-state index contributed by atoms with van der Waals surface area (Å²) in [5, 5.41) is 28.9. The third-order valence-corrected chi connectivity index (χ3v) is 9.69. The lowest BCUT2D eigenvalue weighted by atomic mass is 9.56. The fourth-order valence-electron chi connectivity index (χ4n) is 7.21. The SMILES string of the molecule is CC(=O)O[C@@H]1C(C)=C[C@@H]2[C@H](C(C)C=O)CC[C@@H](C)[C@]2(O)[C@H]1OC(=O)[C@@H]1C[C@@]2(O)c3cccc(Cl)c3N(C)O[C@H]2N1. The summed E-state index contributed by atoms with van der Waals surface area (Å²) in [5.74, 6) is -2.61. The number of benzene rings is 1. The molecule has 2 aliphatic carbocycles. The number of halogens is 1. The average molecular weight is 577 g/mol. The lowest BCUT2D eigenvalue weighted by Crippen LogP contribution is -2.66. The molecule has 40 heavy (non-hydrogen) atoms. The van der Waals surface area contributed by atoms with E-state index in [9.17, 15) is 24.6 Å². The maximum Gasteiger partial charge on any atom is 0.323 e. The Morgan fingerprint density at radius 3 is 2.67 bits per heavy atom. The average Bonchev–Trinajstić information content (AvgIpc) is 3.25. The first-order valence-electron chi connectivity index (χ1n) is 13.7. The van der Waals surface area contributed by atoms with E-state index < -0.39 is 53.5 Å². The monoisotopic (exact) mass is 576 g/mol. The van der Waals surface area contributed by atoms with Crippen molar-refractivity contribution in [2.75, 3.05) is 12.1 Å². The molecule has 11 heteroatoms. The molecule has 10 nitrogen and oxygen atoms in total. The van der Waals surface area contributed by atoms with Crippen LogP contribution in [0.25, 0.3) is 0 Å². The number of carbonyl (C=O) groups excluding carboxylic acids is 3. The van der Waals surface area contributed by atoms with Crippen molar-refractivity contribution in [2.24, 2.45) is 23.7 Å². The van der Waals surface area contributed by atoms with Gasteiger partial charge in [0.2, 0.25) is 0 Å². The predicted octanol–water partition coefficient (Wildman–Crippen LogP) is 2.63. The van der Waals surface area contributed by atoms with Crippen LogP contribution in [0.1, 0.15) is 52.5 Å². The topological polar surface area (TPSA) is 135 Å². The van der Waals surface area contributed by atoms with Gasteiger partial charge in [0, 0.05) is 37.8 Å². The number of rotatable bonds is 5. The predicted molar refractivity (Wildman–Crippen MR) is 145 cm³/mol. The number of nitrogens with one attached hydrogen (secondary N) is 1.